The molecule has 0 atom stereocenters. The molecule has 2 heterocycles. The molecule has 2 aromatic carbocycles. The molecule has 144 valence electrons. The van der Waals surface area contributed by atoms with Crippen LogP contribution in [0.5, 0.6) is 0 Å². The highest BCUT2D eigenvalue weighted by Gasteiger charge is 2.29. The molecule has 1 N–H and O–H groups in total. The highest BCUT2D eigenvalue weighted by atomic mass is 35.5. The van der Waals surface area contributed by atoms with Gasteiger partial charge in [-0.25, -0.2) is 18.9 Å². The van der Waals surface area contributed by atoms with Crippen molar-refractivity contribution in [1.29, 1.82) is 0 Å². The molecular formula is C20H18ClFN4O2. The van der Waals surface area contributed by atoms with Gasteiger partial charge in [-0.2, -0.15) is 5.10 Å². The molecule has 4 rings (SSSR count). The highest BCUT2D eigenvalue weighted by Crippen LogP contribution is 2.29. The summed E-state index contributed by atoms with van der Waals surface area (Å²) < 4.78 is 14.8. The van der Waals surface area contributed by atoms with E-state index in [9.17, 15) is 14.0 Å². The fourth-order valence-corrected chi connectivity index (χ4v) is 3.83. The van der Waals surface area contributed by atoms with Crippen molar-refractivity contribution in [2.45, 2.75) is 18.8 Å². The lowest BCUT2D eigenvalue weighted by Crippen LogP contribution is -2.38. The van der Waals surface area contributed by atoms with Crippen molar-refractivity contribution >= 4 is 17.5 Å². The van der Waals surface area contributed by atoms with Gasteiger partial charge in [0, 0.05) is 19.0 Å². The third kappa shape index (κ3) is 3.45. The van der Waals surface area contributed by atoms with Crippen LogP contribution >= 0.6 is 11.6 Å². The fraction of sp³-hybridized carbons (Fsp3) is 0.250. The molecule has 28 heavy (non-hydrogen) atoms. The van der Waals surface area contributed by atoms with Crippen molar-refractivity contribution in [3.05, 3.63) is 81.2 Å². The molecule has 0 radical (unpaired) electrons. The number of benzene rings is 2. The summed E-state index contributed by atoms with van der Waals surface area (Å²) in [5.74, 6) is 0.0265. The van der Waals surface area contributed by atoms with Gasteiger partial charge in [0.1, 0.15) is 11.6 Å². The second-order valence-electron chi connectivity index (χ2n) is 6.75. The molecule has 8 heteroatoms. The molecule has 6 nitrogen and oxygen atoms in total. The molecule has 1 saturated heterocycles. The maximum absolute atomic E-state index is 13.2. The number of piperidine rings is 1. The van der Waals surface area contributed by atoms with Crippen LogP contribution in [-0.4, -0.2) is 38.7 Å². The van der Waals surface area contributed by atoms with Gasteiger partial charge in [0.25, 0.3) is 5.91 Å². The largest absolute Gasteiger partial charge is 0.347 e. The second-order valence-corrected chi connectivity index (χ2v) is 7.16. The summed E-state index contributed by atoms with van der Waals surface area (Å²) in [6.07, 6.45) is 1.34. The quantitative estimate of drug-likeness (QED) is 0.732. The lowest BCUT2D eigenvalue weighted by Gasteiger charge is -2.31. The summed E-state index contributed by atoms with van der Waals surface area (Å²) in [6.45, 7) is 1.01. The number of halogens is 2. The molecule has 0 spiro atoms. The first kappa shape index (κ1) is 18.4. The van der Waals surface area contributed by atoms with Crippen molar-refractivity contribution in [3.8, 4) is 5.69 Å². The number of aromatic nitrogens is 3. The molecule has 0 bridgehead atoms. The Morgan fingerprint density at radius 3 is 2.54 bits per heavy atom. The van der Waals surface area contributed by atoms with Crippen LogP contribution in [0.3, 0.4) is 0 Å². The van der Waals surface area contributed by atoms with Crippen LogP contribution in [0.25, 0.3) is 5.69 Å². The van der Waals surface area contributed by atoms with E-state index >= 15 is 0 Å². The summed E-state index contributed by atoms with van der Waals surface area (Å²) in [7, 11) is 0. The molecule has 0 saturated carbocycles. The number of likely N-dealkylation sites (tertiary alicyclic amines) is 1. The Labute approximate surface area is 165 Å². The summed E-state index contributed by atoms with van der Waals surface area (Å²) >= 11 is 6.02. The first-order valence-corrected chi connectivity index (χ1v) is 9.39. The number of carbonyl (C=O) groups excluding carboxylic acids is 1. The Morgan fingerprint density at radius 2 is 1.86 bits per heavy atom. The summed E-state index contributed by atoms with van der Waals surface area (Å²) in [5, 5.41) is 6.87. The van der Waals surface area contributed by atoms with E-state index in [1.54, 1.807) is 9.47 Å². The monoisotopic (exact) mass is 400 g/mol. The molecular weight excluding hydrogens is 383 g/mol. The molecule has 0 unspecified atom stereocenters. The van der Waals surface area contributed by atoms with Crippen LogP contribution in [0.4, 0.5) is 4.39 Å². The van der Waals surface area contributed by atoms with Gasteiger partial charge in [-0.1, -0.05) is 29.8 Å². The molecule has 1 aliphatic rings. The van der Waals surface area contributed by atoms with Crippen LogP contribution < -0.4 is 5.69 Å². The van der Waals surface area contributed by atoms with Gasteiger partial charge in [-0.3, -0.25) is 4.79 Å². The number of H-pyrrole nitrogens is 1. The molecule has 1 fully saturated rings. The Kier molecular flexibility index (Phi) is 5.00. The minimum atomic E-state index is -0.474. The number of aromatic amines is 1. The maximum Gasteiger partial charge on any atom is 0.347 e. The van der Waals surface area contributed by atoms with Crippen LogP contribution in [0.15, 0.2) is 53.3 Å². The van der Waals surface area contributed by atoms with Crippen LogP contribution in [-0.2, 0) is 0 Å². The van der Waals surface area contributed by atoms with E-state index in [4.69, 9.17) is 11.6 Å². The summed E-state index contributed by atoms with van der Waals surface area (Å²) in [6, 6.07) is 13.1. The average molecular weight is 401 g/mol. The van der Waals surface area contributed by atoms with Crippen molar-refractivity contribution in [1.82, 2.24) is 19.7 Å². The van der Waals surface area contributed by atoms with Crippen molar-refractivity contribution in [2.24, 2.45) is 0 Å². The van der Waals surface area contributed by atoms with Gasteiger partial charge < -0.3 is 4.90 Å². The number of carbonyl (C=O) groups is 1. The van der Waals surface area contributed by atoms with E-state index < -0.39 is 5.82 Å². The molecule has 1 amide bonds. The molecule has 0 aliphatic carbocycles. The predicted molar refractivity (Wildman–Crippen MR) is 103 cm³/mol. The van der Waals surface area contributed by atoms with Crippen LogP contribution in [0, 0.1) is 5.82 Å². The van der Waals surface area contributed by atoms with E-state index in [1.165, 1.54) is 12.1 Å². The molecule has 3 aromatic rings. The minimum absolute atomic E-state index is 0.0481. The second kappa shape index (κ2) is 7.59. The number of hydrogen-bond acceptors (Lipinski definition) is 3. The van der Waals surface area contributed by atoms with Crippen LogP contribution in [0.1, 0.15) is 34.9 Å². The van der Waals surface area contributed by atoms with E-state index in [2.05, 4.69) is 10.2 Å². The number of hydrogen-bond donors (Lipinski definition) is 1. The van der Waals surface area contributed by atoms with E-state index in [1.807, 2.05) is 30.3 Å². The van der Waals surface area contributed by atoms with Crippen molar-refractivity contribution < 1.29 is 9.18 Å². The van der Waals surface area contributed by atoms with E-state index in [0.717, 1.165) is 11.8 Å². The lowest BCUT2D eigenvalue weighted by molar-refractivity contribution is 0.0711. The SMILES string of the molecule is O=C(c1ccc(F)cc1Cl)N1CCC(c2n[nH]c(=O)n2-c2ccccc2)CC1. The smallest absolute Gasteiger partial charge is 0.339 e. The first-order chi connectivity index (χ1) is 13.5. The number of amides is 1. The summed E-state index contributed by atoms with van der Waals surface area (Å²) in [4.78, 5) is 26.7. The number of nitrogens with zero attached hydrogens (tertiary/aromatic N) is 3. The normalized spacial score (nSPS) is 15.0. The van der Waals surface area contributed by atoms with E-state index in [0.29, 0.717) is 37.3 Å². The third-order valence-corrected chi connectivity index (χ3v) is 5.33. The number of rotatable bonds is 3. The zero-order valence-electron chi connectivity index (χ0n) is 14.9. The Morgan fingerprint density at radius 1 is 1.14 bits per heavy atom. The molecule has 1 aromatic heterocycles. The van der Waals surface area contributed by atoms with Gasteiger partial charge in [0.15, 0.2) is 0 Å². The third-order valence-electron chi connectivity index (χ3n) is 5.02. The Hall–Kier alpha value is -2.93. The zero-order valence-corrected chi connectivity index (χ0v) is 15.7. The Bertz CT molecular complexity index is 1060. The molecule has 1 aliphatic heterocycles. The topological polar surface area (TPSA) is 71.0 Å². The minimum Gasteiger partial charge on any atom is -0.339 e. The Balaban J connectivity index is 1.51. The van der Waals surface area contributed by atoms with E-state index in [-0.39, 0.29) is 22.5 Å². The maximum atomic E-state index is 13.2. The number of para-hydroxylation sites is 1. The van der Waals surface area contributed by atoms with Gasteiger partial charge in [0.05, 0.1) is 16.3 Å². The van der Waals surface area contributed by atoms with Gasteiger partial charge in [-0.05, 0) is 43.2 Å². The lowest BCUT2D eigenvalue weighted by atomic mass is 9.95. The van der Waals surface area contributed by atoms with Gasteiger partial charge in [-0.15, -0.1) is 0 Å². The zero-order chi connectivity index (χ0) is 19.7. The first-order valence-electron chi connectivity index (χ1n) is 9.01. The predicted octanol–water partition coefficient (Wildman–Crippen LogP) is 3.37. The van der Waals surface area contributed by atoms with Crippen molar-refractivity contribution in [3.63, 3.8) is 0 Å². The standard InChI is InChI=1S/C20H18ClFN4O2/c21-17-12-14(22)6-7-16(17)19(27)25-10-8-13(9-11-25)18-23-24-20(28)26(18)15-4-2-1-3-5-15/h1-7,12-13H,8-11H2,(H,24,28). The van der Waals surface area contributed by atoms with Gasteiger partial charge >= 0.3 is 5.69 Å². The summed E-state index contributed by atoms with van der Waals surface area (Å²) in [5.41, 5.74) is 0.771. The van der Waals surface area contributed by atoms with Gasteiger partial charge in [0.2, 0.25) is 0 Å². The highest BCUT2D eigenvalue weighted by molar-refractivity contribution is 6.33. The average Bonchev–Trinajstić information content (AvgIpc) is 3.10. The number of nitrogens with one attached hydrogen (secondary N) is 1. The van der Waals surface area contributed by atoms with Crippen LogP contribution in [0.2, 0.25) is 5.02 Å². The van der Waals surface area contributed by atoms with Crippen molar-refractivity contribution in [2.75, 3.05) is 13.1 Å². The fourth-order valence-electron chi connectivity index (χ4n) is 3.58.